The lowest BCUT2D eigenvalue weighted by Gasteiger charge is -2.25. The second-order valence-electron chi connectivity index (χ2n) is 3.92. The number of nitrogen functional groups attached to an aromatic ring is 1. The summed E-state index contributed by atoms with van der Waals surface area (Å²) in [5, 5.41) is 0. The first-order valence-electron chi connectivity index (χ1n) is 5.33. The van der Waals surface area contributed by atoms with Crippen molar-refractivity contribution < 1.29 is 9.18 Å². The third-order valence-electron chi connectivity index (χ3n) is 2.47. The van der Waals surface area contributed by atoms with Gasteiger partial charge in [-0.05, 0) is 39.0 Å². The lowest BCUT2D eigenvalue weighted by atomic mass is 10.1. The maximum atomic E-state index is 13.0. The van der Waals surface area contributed by atoms with E-state index in [-0.39, 0.29) is 17.5 Å². The number of hydrogen-bond acceptors (Lipinski definition) is 2. The molecule has 0 unspecified atom stereocenters. The Labute approximate surface area is 95.0 Å². The van der Waals surface area contributed by atoms with E-state index >= 15 is 0 Å². The number of benzene rings is 1. The van der Waals surface area contributed by atoms with Crippen LogP contribution in [-0.2, 0) is 0 Å². The van der Waals surface area contributed by atoms with Gasteiger partial charge in [0.05, 0.1) is 5.56 Å². The van der Waals surface area contributed by atoms with Gasteiger partial charge in [-0.25, -0.2) is 4.39 Å². The van der Waals surface area contributed by atoms with E-state index in [1.165, 1.54) is 18.2 Å². The highest BCUT2D eigenvalue weighted by Gasteiger charge is 2.19. The molecule has 0 atom stereocenters. The highest BCUT2D eigenvalue weighted by atomic mass is 19.1. The van der Waals surface area contributed by atoms with Gasteiger partial charge < -0.3 is 10.6 Å². The van der Waals surface area contributed by atoms with Gasteiger partial charge in [-0.15, -0.1) is 0 Å². The number of nitrogens with zero attached hydrogens (tertiary/aromatic N) is 1. The number of halogens is 1. The molecule has 0 aliphatic heterocycles. The normalized spacial score (nSPS) is 10.6. The maximum absolute atomic E-state index is 13.0. The van der Waals surface area contributed by atoms with Crippen molar-refractivity contribution in [3.63, 3.8) is 0 Å². The quantitative estimate of drug-likeness (QED) is 0.801. The van der Waals surface area contributed by atoms with Crippen LogP contribution in [-0.4, -0.2) is 23.4 Å². The minimum Gasteiger partial charge on any atom is -0.398 e. The third kappa shape index (κ3) is 2.51. The second kappa shape index (κ2) is 4.96. The highest BCUT2D eigenvalue weighted by Crippen LogP contribution is 2.17. The van der Waals surface area contributed by atoms with E-state index in [2.05, 4.69) is 0 Å². The predicted octanol–water partition coefficient (Wildman–Crippen LogP) is 2.28. The molecule has 1 rings (SSSR count). The zero-order valence-corrected chi connectivity index (χ0v) is 9.83. The van der Waals surface area contributed by atoms with E-state index in [4.69, 9.17) is 5.73 Å². The van der Waals surface area contributed by atoms with Crippen molar-refractivity contribution in [1.82, 2.24) is 4.90 Å². The van der Waals surface area contributed by atoms with E-state index in [1.54, 1.807) is 4.90 Å². The van der Waals surface area contributed by atoms with Gasteiger partial charge >= 0.3 is 0 Å². The SMILES string of the molecule is CCN(C(=O)c1cc(F)ccc1N)C(C)C. The summed E-state index contributed by atoms with van der Waals surface area (Å²) in [6.45, 7) is 6.29. The van der Waals surface area contributed by atoms with Crippen molar-refractivity contribution in [2.45, 2.75) is 26.8 Å². The summed E-state index contributed by atoms with van der Waals surface area (Å²) >= 11 is 0. The highest BCUT2D eigenvalue weighted by molar-refractivity contribution is 5.99. The zero-order chi connectivity index (χ0) is 12.3. The minimum absolute atomic E-state index is 0.0696. The third-order valence-corrected chi connectivity index (χ3v) is 2.47. The molecule has 0 aromatic heterocycles. The maximum Gasteiger partial charge on any atom is 0.256 e. The van der Waals surface area contributed by atoms with Gasteiger partial charge in [0.15, 0.2) is 0 Å². The second-order valence-corrected chi connectivity index (χ2v) is 3.92. The van der Waals surface area contributed by atoms with Gasteiger partial charge in [-0.1, -0.05) is 0 Å². The van der Waals surface area contributed by atoms with Crippen molar-refractivity contribution in [3.8, 4) is 0 Å². The van der Waals surface area contributed by atoms with Gasteiger partial charge in [-0.2, -0.15) is 0 Å². The topological polar surface area (TPSA) is 46.3 Å². The number of nitrogens with two attached hydrogens (primary N) is 1. The van der Waals surface area contributed by atoms with Crippen LogP contribution in [0.4, 0.5) is 10.1 Å². The molecule has 0 aliphatic carbocycles. The molecule has 1 aromatic carbocycles. The Morgan fingerprint density at radius 3 is 2.62 bits per heavy atom. The molecular weight excluding hydrogens is 207 g/mol. The number of anilines is 1. The summed E-state index contributed by atoms with van der Waals surface area (Å²) in [6, 6.07) is 3.91. The molecule has 88 valence electrons. The van der Waals surface area contributed by atoms with Crippen molar-refractivity contribution in [2.24, 2.45) is 0 Å². The Hall–Kier alpha value is -1.58. The average molecular weight is 224 g/mol. The molecule has 16 heavy (non-hydrogen) atoms. The summed E-state index contributed by atoms with van der Waals surface area (Å²) in [4.78, 5) is 13.7. The average Bonchev–Trinajstić information content (AvgIpc) is 2.22. The van der Waals surface area contributed by atoms with Gasteiger partial charge in [0.25, 0.3) is 5.91 Å². The van der Waals surface area contributed by atoms with E-state index in [0.717, 1.165) is 0 Å². The lowest BCUT2D eigenvalue weighted by Crippen LogP contribution is -2.37. The molecular formula is C12H17FN2O. The van der Waals surface area contributed by atoms with Crippen LogP contribution in [0.25, 0.3) is 0 Å². The van der Waals surface area contributed by atoms with Crippen LogP contribution in [0.2, 0.25) is 0 Å². The summed E-state index contributed by atoms with van der Waals surface area (Å²) in [5.41, 5.74) is 6.21. The Morgan fingerprint density at radius 1 is 1.50 bits per heavy atom. The van der Waals surface area contributed by atoms with Crippen molar-refractivity contribution in [2.75, 3.05) is 12.3 Å². The monoisotopic (exact) mass is 224 g/mol. The van der Waals surface area contributed by atoms with E-state index < -0.39 is 5.82 Å². The number of carbonyl (C=O) groups is 1. The minimum atomic E-state index is -0.447. The molecule has 0 aliphatic rings. The number of rotatable bonds is 3. The van der Waals surface area contributed by atoms with Gasteiger partial charge in [-0.3, -0.25) is 4.79 Å². The van der Waals surface area contributed by atoms with Crippen LogP contribution in [0.1, 0.15) is 31.1 Å². The van der Waals surface area contributed by atoms with Crippen LogP contribution < -0.4 is 5.73 Å². The van der Waals surface area contributed by atoms with E-state index in [9.17, 15) is 9.18 Å². The zero-order valence-electron chi connectivity index (χ0n) is 9.83. The first-order valence-corrected chi connectivity index (χ1v) is 5.33. The van der Waals surface area contributed by atoms with Crippen molar-refractivity contribution in [1.29, 1.82) is 0 Å². The molecule has 1 aromatic rings. The largest absolute Gasteiger partial charge is 0.398 e. The molecule has 4 heteroatoms. The number of carbonyl (C=O) groups excluding carboxylic acids is 1. The first kappa shape index (κ1) is 12.5. The van der Waals surface area contributed by atoms with Crippen LogP contribution >= 0.6 is 0 Å². The lowest BCUT2D eigenvalue weighted by molar-refractivity contribution is 0.0717. The smallest absolute Gasteiger partial charge is 0.256 e. The standard InChI is InChI=1S/C12H17FN2O/c1-4-15(8(2)3)12(16)10-7-9(13)5-6-11(10)14/h5-8H,4,14H2,1-3H3. The molecule has 0 fully saturated rings. The van der Waals surface area contributed by atoms with Gasteiger partial charge in [0.1, 0.15) is 5.82 Å². The molecule has 1 amide bonds. The molecule has 2 N–H and O–H groups in total. The van der Waals surface area contributed by atoms with Crippen molar-refractivity contribution >= 4 is 11.6 Å². The van der Waals surface area contributed by atoms with Crippen molar-refractivity contribution in [3.05, 3.63) is 29.6 Å². The Bertz CT molecular complexity index is 391. The molecule has 0 saturated heterocycles. The van der Waals surface area contributed by atoms with E-state index in [0.29, 0.717) is 12.2 Å². The molecule has 0 spiro atoms. The summed E-state index contributed by atoms with van der Waals surface area (Å²) < 4.78 is 13.0. The fraction of sp³-hybridized carbons (Fsp3) is 0.417. The van der Waals surface area contributed by atoms with Gasteiger partial charge in [0.2, 0.25) is 0 Å². The molecule has 0 radical (unpaired) electrons. The Morgan fingerprint density at radius 2 is 2.12 bits per heavy atom. The van der Waals surface area contributed by atoms with Gasteiger partial charge in [0, 0.05) is 18.3 Å². The van der Waals surface area contributed by atoms with Crippen LogP contribution in [0.15, 0.2) is 18.2 Å². The summed E-state index contributed by atoms with van der Waals surface area (Å²) in [6.07, 6.45) is 0. The molecule has 3 nitrogen and oxygen atoms in total. The number of hydrogen-bond donors (Lipinski definition) is 1. The fourth-order valence-electron chi connectivity index (χ4n) is 1.61. The number of amides is 1. The Kier molecular flexibility index (Phi) is 3.88. The van der Waals surface area contributed by atoms with Crippen LogP contribution in [0.5, 0.6) is 0 Å². The first-order chi connectivity index (χ1) is 7.47. The molecule has 0 heterocycles. The predicted molar refractivity (Wildman–Crippen MR) is 62.7 cm³/mol. The molecule has 0 saturated carbocycles. The van der Waals surface area contributed by atoms with Crippen LogP contribution in [0, 0.1) is 5.82 Å². The van der Waals surface area contributed by atoms with E-state index in [1.807, 2.05) is 20.8 Å². The molecule has 0 bridgehead atoms. The van der Waals surface area contributed by atoms with Crippen LogP contribution in [0.3, 0.4) is 0 Å². The fourth-order valence-corrected chi connectivity index (χ4v) is 1.61. The summed E-state index contributed by atoms with van der Waals surface area (Å²) in [5.74, 6) is -0.674. The summed E-state index contributed by atoms with van der Waals surface area (Å²) in [7, 11) is 0. The Balaban J connectivity index is 3.08.